The van der Waals surface area contributed by atoms with E-state index in [2.05, 4.69) is 114 Å². The molecule has 0 fully saturated rings. The summed E-state index contributed by atoms with van der Waals surface area (Å²) in [5, 5.41) is 4.62. The van der Waals surface area contributed by atoms with E-state index in [4.69, 9.17) is 19.4 Å². The van der Waals surface area contributed by atoms with E-state index in [0.29, 0.717) is 17.5 Å². The molecule has 3 heterocycles. The fraction of sp³-hybridized carbons (Fsp3) is 0. The molecule has 50 heavy (non-hydrogen) atoms. The average Bonchev–Trinajstić information content (AvgIpc) is 3.75. The Bertz CT molecular complexity index is 2740. The Kier molecular flexibility index (Phi) is 6.42. The van der Waals surface area contributed by atoms with Crippen LogP contribution in [0.15, 0.2) is 174 Å². The van der Waals surface area contributed by atoms with Crippen LogP contribution in [0.1, 0.15) is 0 Å². The maximum absolute atomic E-state index is 6.88. The number of nitrogens with zero attached hydrogens (tertiary/aromatic N) is 4. The predicted octanol–water partition coefficient (Wildman–Crippen LogP) is 11.5. The van der Waals surface area contributed by atoms with Gasteiger partial charge in [0.2, 0.25) is 0 Å². The molecule has 0 unspecified atom stereocenters. The molecule has 234 valence electrons. The van der Waals surface area contributed by atoms with E-state index in [-0.39, 0.29) is 0 Å². The van der Waals surface area contributed by atoms with Crippen LogP contribution in [0.25, 0.3) is 94.7 Å². The highest BCUT2D eigenvalue weighted by Gasteiger charge is 2.19. The number of benzene rings is 7. The first-order chi connectivity index (χ1) is 24.8. The van der Waals surface area contributed by atoms with Crippen LogP contribution in [-0.2, 0) is 0 Å². The normalized spacial score (nSPS) is 11.6. The molecule has 5 nitrogen and oxygen atoms in total. The van der Waals surface area contributed by atoms with Crippen LogP contribution in [0, 0.1) is 0 Å². The molecule has 5 heteroatoms. The van der Waals surface area contributed by atoms with Gasteiger partial charge in [-0.15, -0.1) is 0 Å². The number of hydrogen-bond donors (Lipinski definition) is 0. The van der Waals surface area contributed by atoms with Crippen molar-refractivity contribution in [3.8, 4) is 51.0 Å². The maximum atomic E-state index is 6.88. The number of aromatic nitrogens is 4. The van der Waals surface area contributed by atoms with Crippen molar-refractivity contribution in [1.82, 2.24) is 19.5 Å². The number of rotatable bonds is 5. The van der Waals surface area contributed by atoms with Gasteiger partial charge in [0.1, 0.15) is 5.58 Å². The lowest BCUT2D eigenvalue weighted by atomic mass is 10.0. The summed E-state index contributed by atoms with van der Waals surface area (Å²) in [6.45, 7) is 0. The third-order valence-electron chi connectivity index (χ3n) is 9.48. The topological polar surface area (TPSA) is 56.7 Å². The Balaban J connectivity index is 1.10. The second-order valence-electron chi connectivity index (χ2n) is 12.4. The maximum Gasteiger partial charge on any atom is 0.164 e. The van der Waals surface area contributed by atoms with Gasteiger partial charge < -0.3 is 8.98 Å². The molecule has 0 spiro atoms. The zero-order valence-corrected chi connectivity index (χ0v) is 26.9. The Labute approximate surface area is 287 Å². The molecular formula is C45H28N4O. The van der Waals surface area contributed by atoms with Crippen molar-refractivity contribution in [3.63, 3.8) is 0 Å². The molecule has 0 N–H and O–H groups in total. The minimum Gasteiger partial charge on any atom is -0.453 e. The van der Waals surface area contributed by atoms with Crippen molar-refractivity contribution in [2.24, 2.45) is 0 Å². The molecule has 10 rings (SSSR count). The van der Waals surface area contributed by atoms with E-state index in [0.717, 1.165) is 66.5 Å². The van der Waals surface area contributed by atoms with Gasteiger partial charge in [-0.3, -0.25) is 0 Å². The van der Waals surface area contributed by atoms with Crippen LogP contribution in [-0.4, -0.2) is 19.5 Å². The third kappa shape index (κ3) is 4.52. The van der Waals surface area contributed by atoms with Crippen LogP contribution in [0.3, 0.4) is 0 Å². The Hall–Kier alpha value is -6.85. The van der Waals surface area contributed by atoms with E-state index in [1.165, 1.54) is 10.8 Å². The largest absolute Gasteiger partial charge is 0.453 e. The fourth-order valence-corrected chi connectivity index (χ4v) is 7.13. The Morgan fingerprint density at radius 2 is 0.780 bits per heavy atom. The van der Waals surface area contributed by atoms with Crippen molar-refractivity contribution >= 4 is 43.7 Å². The smallest absolute Gasteiger partial charge is 0.164 e. The first-order valence-electron chi connectivity index (χ1n) is 16.7. The van der Waals surface area contributed by atoms with E-state index in [1.54, 1.807) is 0 Å². The first-order valence-corrected chi connectivity index (χ1v) is 16.7. The van der Waals surface area contributed by atoms with Crippen LogP contribution < -0.4 is 0 Å². The molecule has 0 aliphatic rings. The summed E-state index contributed by atoms with van der Waals surface area (Å²) in [4.78, 5) is 14.7. The lowest BCUT2D eigenvalue weighted by molar-refractivity contribution is 0.667. The highest BCUT2D eigenvalue weighted by Crippen LogP contribution is 2.41. The molecule has 0 aliphatic carbocycles. The molecule has 0 amide bonds. The van der Waals surface area contributed by atoms with Crippen LogP contribution in [0.2, 0.25) is 0 Å². The summed E-state index contributed by atoms with van der Waals surface area (Å²) >= 11 is 0. The molecule has 0 saturated heterocycles. The zero-order chi connectivity index (χ0) is 33.0. The van der Waals surface area contributed by atoms with Gasteiger partial charge in [-0.25, -0.2) is 15.0 Å². The highest BCUT2D eigenvalue weighted by atomic mass is 16.3. The summed E-state index contributed by atoms with van der Waals surface area (Å²) in [5.74, 6) is 1.91. The summed E-state index contributed by atoms with van der Waals surface area (Å²) < 4.78 is 9.21. The Morgan fingerprint density at radius 3 is 1.36 bits per heavy atom. The predicted molar refractivity (Wildman–Crippen MR) is 203 cm³/mol. The van der Waals surface area contributed by atoms with Gasteiger partial charge in [0, 0.05) is 43.8 Å². The lowest BCUT2D eigenvalue weighted by Crippen LogP contribution is -2.00. The van der Waals surface area contributed by atoms with E-state index >= 15 is 0 Å². The SMILES string of the molecule is c1ccc(-c2nc(-c3ccccc3)nc(-c3ccc(-c4cccc5c4oc4c(-n6c7ccccc7c7ccccc76)cccc45)cc3)n2)cc1. The first kappa shape index (κ1) is 28.2. The molecule has 0 atom stereocenters. The molecule has 3 aromatic heterocycles. The van der Waals surface area contributed by atoms with Crippen molar-refractivity contribution in [2.45, 2.75) is 0 Å². The summed E-state index contributed by atoms with van der Waals surface area (Å²) in [5.41, 5.74) is 9.95. The van der Waals surface area contributed by atoms with Crippen LogP contribution in [0.4, 0.5) is 0 Å². The van der Waals surface area contributed by atoms with E-state index in [1.807, 2.05) is 60.7 Å². The molecule has 0 bridgehead atoms. The van der Waals surface area contributed by atoms with E-state index in [9.17, 15) is 0 Å². The number of para-hydroxylation sites is 4. The van der Waals surface area contributed by atoms with Gasteiger partial charge in [0.15, 0.2) is 23.1 Å². The number of fused-ring (bicyclic) bond motifs is 6. The van der Waals surface area contributed by atoms with Gasteiger partial charge in [0.05, 0.1) is 16.7 Å². The molecule has 0 radical (unpaired) electrons. The van der Waals surface area contributed by atoms with Gasteiger partial charge in [-0.05, 0) is 23.8 Å². The summed E-state index contributed by atoms with van der Waals surface area (Å²) in [6.07, 6.45) is 0. The lowest BCUT2D eigenvalue weighted by Gasteiger charge is -2.09. The summed E-state index contributed by atoms with van der Waals surface area (Å²) in [6, 6.07) is 58.5. The third-order valence-corrected chi connectivity index (χ3v) is 9.48. The van der Waals surface area contributed by atoms with Gasteiger partial charge in [-0.1, -0.05) is 152 Å². The van der Waals surface area contributed by atoms with Gasteiger partial charge >= 0.3 is 0 Å². The quantitative estimate of drug-likeness (QED) is 0.188. The highest BCUT2D eigenvalue weighted by molar-refractivity contribution is 6.14. The van der Waals surface area contributed by atoms with Crippen molar-refractivity contribution in [2.75, 3.05) is 0 Å². The van der Waals surface area contributed by atoms with Gasteiger partial charge in [-0.2, -0.15) is 0 Å². The monoisotopic (exact) mass is 640 g/mol. The average molecular weight is 641 g/mol. The second-order valence-corrected chi connectivity index (χ2v) is 12.4. The van der Waals surface area contributed by atoms with Crippen molar-refractivity contribution in [3.05, 3.63) is 170 Å². The number of furan rings is 1. The fourth-order valence-electron chi connectivity index (χ4n) is 7.13. The van der Waals surface area contributed by atoms with Crippen LogP contribution >= 0.6 is 0 Å². The Morgan fingerprint density at radius 1 is 0.340 bits per heavy atom. The van der Waals surface area contributed by atoms with Crippen LogP contribution in [0.5, 0.6) is 0 Å². The zero-order valence-electron chi connectivity index (χ0n) is 26.9. The molecule has 0 saturated carbocycles. The number of hydrogen-bond acceptors (Lipinski definition) is 4. The molecule has 0 aliphatic heterocycles. The van der Waals surface area contributed by atoms with Crippen molar-refractivity contribution < 1.29 is 4.42 Å². The second kappa shape index (κ2) is 11.4. The van der Waals surface area contributed by atoms with E-state index < -0.39 is 0 Å². The molecular weight excluding hydrogens is 613 g/mol. The minimum atomic E-state index is 0.627. The van der Waals surface area contributed by atoms with Gasteiger partial charge in [0.25, 0.3) is 0 Å². The molecule has 7 aromatic carbocycles. The minimum absolute atomic E-state index is 0.627. The molecule has 10 aromatic rings. The standard InChI is InChI=1S/C45H28N4O/c1-3-13-30(14-4-1)43-46-44(31-15-5-2-6-16-31)48-45(47-43)32-27-25-29(26-28-32)33-19-11-20-36-37-21-12-24-40(42(37)50-41(33)36)49-38-22-9-7-17-34(38)35-18-8-10-23-39(35)49/h1-28H. The summed E-state index contributed by atoms with van der Waals surface area (Å²) in [7, 11) is 0. The van der Waals surface area contributed by atoms with Crippen molar-refractivity contribution in [1.29, 1.82) is 0 Å².